The van der Waals surface area contributed by atoms with Crippen LogP contribution in [0.4, 0.5) is 0 Å². The minimum atomic E-state index is -2.41. The number of esters is 1. The van der Waals surface area contributed by atoms with Crippen LogP contribution in [0.5, 0.6) is 0 Å². The molecule has 0 aromatic carbocycles. The van der Waals surface area contributed by atoms with Crippen molar-refractivity contribution in [2.45, 2.75) is 181 Å². The predicted molar refractivity (Wildman–Crippen MR) is 248 cm³/mol. The van der Waals surface area contributed by atoms with Gasteiger partial charge in [0.25, 0.3) is 11.7 Å². The average Bonchev–Trinajstić information content (AvgIpc) is 3.28. The van der Waals surface area contributed by atoms with E-state index >= 15 is 0 Å². The molecule has 0 aromatic rings. The highest BCUT2D eigenvalue weighted by Gasteiger charge is 2.53. The first kappa shape index (κ1) is 54.3. The van der Waals surface area contributed by atoms with E-state index in [1.54, 1.807) is 41.1 Å². The van der Waals surface area contributed by atoms with Crippen molar-refractivity contribution in [1.29, 1.82) is 0 Å². The Balaban J connectivity index is 1.70. The molecule has 15 atom stereocenters. The number of cyclic esters (lactones) is 1. The van der Waals surface area contributed by atoms with E-state index in [0.717, 1.165) is 24.8 Å². The molecule has 2 bridgehead atoms. The molecule has 2 saturated heterocycles. The third-order valence-corrected chi connectivity index (χ3v) is 14.8. The molecule has 4 rings (SSSR count). The van der Waals surface area contributed by atoms with Crippen molar-refractivity contribution in [3.05, 3.63) is 47.6 Å². The number of allylic oxidation sites excluding steroid dienone is 6. The van der Waals surface area contributed by atoms with Crippen LogP contribution >= 0.6 is 0 Å². The van der Waals surface area contributed by atoms with E-state index in [2.05, 4.69) is 6.92 Å². The van der Waals surface area contributed by atoms with Gasteiger partial charge in [-0.3, -0.25) is 19.2 Å². The largest absolute Gasteiger partial charge is 0.460 e. The summed E-state index contributed by atoms with van der Waals surface area (Å²) in [5.74, 6) is -7.07. The maximum Gasteiger partial charge on any atom is 0.329 e. The van der Waals surface area contributed by atoms with Crippen LogP contribution in [0.3, 0.4) is 0 Å². The number of carbonyl (C=O) groups excluding carboxylic acids is 5. The molecular weight excluding hydrogens is 831 g/mol. The van der Waals surface area contributed by atoms with Gasteiger partial charge in [-0.15, -0.1) is 0 Å². The lowest BCUT2D eigenvalue weighted by molar-refractivity contribution is -0.265. The summed E-state index contributed by atoms with van der Waals surface area (Å²) < 4.78 is 29.7. The van der Waals surface area contributed by atoms with Gasteiger partial charge in [-0.2, -0.15) is 0 Å². The predicted octanol–water partition coefficient (Wildman–Crippen LogP) is 7.46. The van der Waals surface area contributed by atoms with Gasteiger partial charge in [0.05, 0.1) is 18.3 Å². The number of piperidine rings is 1. The van der Waals surface area contributed by atoms with Gasteiger partial charge in [0.15, 0.2) is 5.78 Å². The second kappa shape index (κ2) is 25.2. The number of rotatable bonds is 6. The first-order valence-electron chi connectivity index (χ1n) is 24.2. The molecule has 13 heteroatoms. The van der Waals surface area contributed by atoms with Crippen LogP contribution in [0.15, 0.2) is 47.6 Å². The zero-order valence-corrected chi connectivity index (χ0v) is 41.2. The SMILES string of the molecule is COC1CC2CCC(C)C(O)(O2)C(=O)C(=O)N2CCCCC2C(=O)OC(C(C)CC2CCC(C)C(OC)C2)CC(=O)C(C)/C=C(\C)C(O)C(OC)C(=O)C(C)CC(C)/C=C/C=C/C=C\1C. The number of methoxy groups -OCH3 is 3. The quantitative estimate of drug-likeness (QED) is 0.153. The number of aliphatic hydroxyl groups excluding tert-OH is 1. The molecule has 1 saturated carbocycles. The third kappa shape index (κ3) is 14.3. The summed E-state index contributed by atoms with van der Waals surface area (Å²) in [6, 6.07) is -1.11. The lowest BCUT2D eigenvalue weighted by Crippen LogP contribution is -2.61. The van der Waals surface area contributed by atoms with Crippen LogP contribution in [0, 0.1) is 41.4 Å². The lowest BCUT2D eigenvalue weighted by Gasteiger charge is -2.42. The molecule has 13 nitrogen and oxygen atoms in total. The molecule has 3 aliphatic heterocycles. The van der Waals surface area contributed by atoms with Crippen molar-refractivity contribution in [1.82, 2.24) is 4.90 Å². The summed E-state index contributed by atoms with van der Waals surface area (Å²) in [6.45, 7) is 15.1. The summed E-state index contributed by atoms with van der Waals surface area (Å²) in [5.41, 5.74) is 1.30. The van der Waals surface area contributed by atoms with Crippen LogP contribution in [0.1, 0.15) is 132 Å². The Kier molecular flexibility index (Phi) is 21.0. The number of ether oxygens (including phenoxy) is 5. The fraction of sp³-hybridized carbons (Fsp3) is 0.750. The van der Waals surface area contributed by atoms with E-state index in [1.807, 2.05) is 58.1 Å². The monoisotopic (exact) mass is 912 g/mol. The number of carbonyl (C=O) groups is 5. The van der Waals surface area contributed by atoms with Crippen molar-refractivity contribution in [3.63, 3.8) is 0 Å². The molecular formula is C52H81NO12. The third-order valence-electron chi connectivity index (χ3n) is 14.8. The minimum absolute atomic E-state index is 0.0304. The van der Waals surface area contributed by atoms with Crippen molar-refractivity contribution in [3.8, 4) is 0 Å². The fourth-order valence-electron chi connectivity index (χ4n) is 10.4. The van der Waals surface area contributed by atoms with E-state index in [-0.39, 0.29) is 54.8 Å². The van der Waals surface area contributed by atoms with Crippen molar-refractivity contribution in [2.75, 3.05) is 27.9 Å². The standard InChI is InChI=1S/C52H81NO12/c1-31-17-13-12-14-18-32(2)44(62-10)29-40-23-21-38(8)52(60,65-40)49(57)50(58)53-24-16-15-19-41(53)51(59)64-45(35(5)27-39-22-20-33(3)43(28-39)61-9)30-42(54)34(4)26-37(7)47(56)48(63-11)46(55)36(6)25-31/h12-14,17-18,26,31,33-36,38-41,43-45,47-48,56,60H,15-16,19-25,27-30H2,1-11H3/b14-12+,17-13+,32-18-,37-26+. The average molecular weight is 912 g/mol. The highest BCUT2D eigenvalue weighted by molar-refractivity contribution is 6.39. The second-order valence-electron chi connectivity index (χ2n) is 20.0. The number of aliphatic hydroxyl groups is 2. The number of amides is 1. The summed E-state index contributed by atoms with van der Waals surface area (Å²) >= 11 is 0. The Morgan fingerprint density at radius 3 is 2.25 bits per heavy atom. The molecule has 0 radical (unpaired) electrons. The number of hydrogen-bond donors (Lipinski definition) is 2. The van der Waals surface area contributed by atoms with Gasteiger partial charge in [0.2, 0.25) is 5.79 Å². The fourth-order valence-corrected chi connectivity index (χ4v) is 10.4. The van der Waals surface area contributed by atoms with E-state index in [0.29, 0.717) is 56.4 Å². The lowest BCUT2D eigenvalue weighted by atomic mass is 9.76. The molecule has 2 N–H and O–H groups in total. The molecule has 1 amide bonds. The zero-order chi connectivity index (χ0) is 48.2. The number of ketones is 3. The zero-order valence-electron chi connectivity index (χ0n) is 41.2. The summed E-state index contributed by atoms with van der Waals surface area (Å²) in [7, 11) is 4.70. The Labute approximate surface area is 388 Å². The topological polar surface area (TPSA) is 175 Å². The minimum Gasteiger partial charge on any atom is -0.460 e. The van der Waals surface area contributed by atoms with Crippen LogP contribution < -0.4 is 0 Å². The Morgan fingerprint density at radius 1 is 0.846 bits per heavy atom. The normalized spacial score (nSPS) is 40.4. The van der Waals surface area contributed by atoms with Crippen molar-refractivity contribution < 1.29 is 57.9 Å². The second-order valence-corrected chi connectivity index (χ2v) is 20.0. The van der Waals surface area contributed by atoms with Crippen LogP contribution in [-0.4, -0.2) is 121 Å². The molecule has 3 fully saturated rings. The number of hydrogen-bond acceptors (Lipinski definition) is 12. The van der Waals surface area contributed by atoms with E-state index in [1.165, 1.54) is 12.0 Å². The Morgan fingerprint density at radius 2 is 1.57 bits per heavy atom. The maximum atomic E-state index is 14.4. The molecule has 4 aliphatic rings. The van der Waals surface area contributed by atoms with E-state index < -0.39 is 77.8 Å². The van der Waals surface area contributed by atoms with Crippen LogP contribution in [-0.2, 0) is 47.7 Å². The first-order chi connectivity index (χ1) is 30.7. The molecule has 366 valence electrons. The van der Waals surface area contributed by atoms with Crippen LogP contribution in [0.2, 0.25) is 0 Å². The molecule has 0 aromatic heterocycles. The van der Waals surface area contributed by atoms with Crippen molar-refractivity contribution >= 4 is 29.2 Å². The molecule has 1 aliphatic carbocycles. The highest BCUT2D eigenvalue weighted by Crippen LogP contribution is 2.38. The summed E-state index contributed by atoms with van der Waals surface area (Å²) in [4.78, 5) is 71.9. The molecule has 15 unspecified atom stereocenters. The molecule has 0 spiro atoms. The van der Waals surface area contributed by atoms with Gasteiger partial charge in [-0.1, -0.05) is 78.0 Å². The van der Waals surface area contributed by atoms with Gasteiger partial charge >= 0.3 is 5.97 Å². The summed E-state index contributed by atoms with van der Waals surface area (Å²) in [5, 5.41) is 23.4. The smallest absolute Gasteiger partial charge is 0.329 e. The van der Waals surface area contributed by atoms with Gasteiger partial charge in [-0.25, -0.2) is 4.79 Å². The maximum absolute atomic E-state index is 14.4. The highest BCUT2D eigenvalue weighted by atomic mass is 16.6. The van der Waals surface area contributed by atoms with Gasteiger partial charge in [0, 0.05) is 58.5 Å². The summed E-state index contributed by atoms with van der Waals surface area (Å²) in [6.07, 6.45) is 13.6. The van der Waals surface area contributed by atoms with Crippen LogP contribution in [0.25, 0.3) is 0 Å². The number of Topliss-reactive ketones (excluding diaryl/α,β-unsaturated/α-hetero) is 3. The molecule has 3 heterocycles. The number of nitrogens with zero attached hydrogens (tertiary/aromatic N) is 1. The number of fused-ring (bicyclic) bond motifs is 3. The van der Waals surface area contributed by atoms with E-state index in [9.17, 15) is 34.2 Å². The first-order valence-corrected chi connectivity index (χ1v) is 24.2. The molecule has 65 heavy (non-hydrogen) atoms. The Hall–Kier alpha value is -3.33. The van der Waals surface area contributed by atoms with Crippen molar-refractivity contribution in [2.24, 2.45) is 41.4 Å². The van der Waals surface area contributed by atoms with E-state index in [4.69, 9.17) is 23.7 Å². The van der Waals surface area contributed by atoms with Gasteiger partial charge in [-0.05, 0) is 113 Å². The Bertz CT molecular complexity index is 1750. The van der Waals surface area contributed by atoms with Gasteiger partial charge in [0.1, 0.15) is 30.1 Å². The van der Waals surface area contributed by atoms with Gasteiger partial charge < -0.3 is 38.8 Å².